The van der Waals surface area contributed by atoms with Crippen LogP contribution in [0.1, 0.15) is 45.2 Å². The van der Waals surface area contributed by atoms with Gasteiger partial charge >= 0.3 is 0 Å². The summed E-state index contributed by atoms with van der Waals surface area (Å²) in [7, 11) is 0. The molecule has 0 aliphatic heterocycles. The molecule has 0 aliphatic rings. The Labute approximate surface area is 98.2 Å². The van der Waals surface area contributed by atoms with E-state index in [4.69, 9.17) is 11.6 Å². The minimum Gasteiger partial charge on any atom is -0.398 e. The summed E-state index contributed by atoms with van der Waals surface area (Å²) in [5.74, 6) is 5.60. The number of hydrazine groups is 1. The molecule has 16 heavy (non-hydrogen) atoms. The number of nitrogen functional groups attached to an aromatic ring is 1. The molecule has 0 saturated heterocycles. The lowest BCUT2D eigenvalue weighted by Gasteiger charge is -2.23. The molecule has 1 rings (SSSR count). The maximum atomic E-state index is 5.94. The van der Waals surface area contributed by atoms with Crippen molar-refractivity contribution in [3.63, 3.8) is 0 Å². The predicted molar refractivity (Wildman–Crippen MR) is 69.6 cm³/mol. The molecule has 0 saturated carbocycles. The van der Waals surface area contributed by atoms with E-state index in [2.05, 4.69) is 26.2 Å². The summed E-state index contributed by atoms with van der Waals surface area (Å²) in [5, 5.41) is 0. The Morgan fingerprint density at radius 1 is 1.25 bits per heavy atom. The second-order valence-electron chi connectivity index (χ2n) is 5.45. The molecule has 0 bridgehead atoms. The van der Waals surface area contributed by atoms with Crippen molar-refractivity contribution in [2.75, 3.05) is 5.73 Å². The molecule has 3 heteroatoms. The molecule has 1 unspecified atom stereocenters. The molecule has 1 aromatic rings. The van der Waals surface area contributed by atoms with Gasteiger partial charge in [0.25, 0.3) is 0 Å². The van der Waals surface area contributed by atoms with Crippen LogP contribution in [-0.4, -0.2) is 0 Å². The van der Waals surface area contributed by atoms with Crippen LogP contribution in [0, 0.1) is 5.41 Å². The normalized spacial score (nSPS) is 13.8. The predicted octanol–water partition coefficient (Wildman–Crippen LogP) is 2.60. The van der Waals surface area contributed by atoms with E-state index in [0.717, 1.165) is 24.1 Å². The van der Waals surface area contributed by atoms with Gasteiger partial charge in [-0.1, -0.05) is 39.0 Å². The molecule has 3 nitrogen and oxygen atoms in total. The van der Waals surface area contributed by atoms with Crippen molar-refractivity contribution < 1.29 is 0 Å². The van der Waals surface area contributed by atoms with Gasteiger partial charge in [0, 0.05) is 11.7 Å². The SMILES string of the molecule is CC(C)(C)CCC(NN)c1ccccc1N. The Morgan fingerprint density at radius 3 is 2.38 bits per heavy atom. The first kappa shape index (κ1) is 13.0. The minimum absolute atomic E-state index is 0.139. The van der Waals surface area contributed by atoms with Crippen molar-refractivity contribution in [2.45, 2.75) is 39.7 Å². The molecule has 0 amide bonds. The van der Waals surface area contributed by atoms with Crippen LogP contribution in [0.3, 0.4) is 0 Å². The third kappa shape index (κ3) is 3.83. The summed E-state index contributed by atoms with van der Waals surface area (Å²) >= 11 is 0. The molecule has 90 valence electrons. The van der Waals surface area contributed by atoms with Crippen LogP contribution in [0.25, 0.3) is 0 Å². The highest BCUT2D eigenvalue weighted by Gasteiger charge is 2.17. The van der Waals surface area contributed by atoms with Gasteiger partial charge in [0.05, 0.1) is 0 Å². The molecule has 0 fully saturated rings. The Morgan fingerprint density at radius 2 is 1.88 bits per heavy atom. The van der Waals surface area contributed by atoms with Gasteiger partial charge in [-0.2, -0.15) is 0 Å². The molecule has 0 heterocycles. The molecule has 1 atom stereocenters. The fourth-order valence-corrected chi connectivity index (χ4v) is 1.73. The number of rotatable bonds is 4. The van der Waals surface area contributed by atoms with E-state index < -0.39 is 0 Å². The summed E-state index contributed by atoms with van der Waals surface area (Å²) < 4.78 is 0. The zero-order valence-electron chi connectivity index (χ0n) is 10.5. The quantitative estimate of drug-likeness (QED) is 0.416. The monoisotopic (exact) mass is 221 g/mol. The van der Waals surface area contributed by atoms with Crippen LogP contribution >= 0.6 is 0 Å². The third-order valence-electron chi connectivity index (χ3n) is 2.76. The maximum Gasteiger partial charge on any atom is 0.0480 e. The first-order valence-electron chi connectivity index (χ1n) is 5.74. The number of anilines is 1. The van der Waals surface area contributed by atoms with Gasteiger partial charge in [0.1, 0.15) is 0 Å². The van der Waals surface area contributed by atoms with Crippen molar-refractivity contribution in [3.8, 4) is 0 Å². The molecule has 0 spiro atoms. The maximum absolute atomic E-state index is 5.94. The summed E-state index contributed by atoms with van der Waals surface area (Å²) in [6, 6.07) is 8.02. The van der Waals surface area contributed by atoms with Crippen LogP contribution in [0.4, 0.5) is 5.69 Å². The average molecular weight is 221 g/mol. The van der Waals surface area contributed by atoms with Crippen LogP contribution in [-0.2, 0) is 0 Å². The van der Waals surface area contributed by atoms with Crippen LogP contribution in [0.2, 0.25) is 0 Å². The van der Waals surface area contributed by atoms with Crippen molar-refractivity contribution in [3.05, 3.63) is 29.8 Å². The van der Waals surface area contributed by atoms with Crippen molar-refractivity contribution in [1.29, 1.82) is 0 Å². The van der Waals surface area contributed by atoms with E-state index in [-0.39, 0.29) is 6.04 Å². The Balaban J connectivity index is 2.72. The first-order chi connectivity index (χ1) is 7.44. The summed E-state index contributed by atoms with van der Waals surface area (Å²) in [6.45, 7) is 6.69. The zero-order valence-corrected chi connectivity index (χ0v) is 10.5. The number of hydrogen-bond acceptors (Lipinski definition) is 3. The molecule has 5 N–H and O–H groups in total. The number of benzene rings is 1. The number of nitrogens with two attached hydrogens (primary N) is 2. The van der Waals surface area contributed by atoms with E-state index in [1.165, 1.54) is 0 Å². The van der Waals surface area contributed by atoms with Gasteiger partial charge in [-0.15, -0.1) is 0 Å². The highest BCUT2D eigenvalue weighted by molar-refractivity contribution is 5.48. The van der Waals surface area contributed by atoms with Gasteiger partial charge in [-0.3, -0.25) is 11.3 Å². The molecule has 0 aliphatic carbocycles. The summed E-state index contributed by atoms with van der Waals surface area (Å²) in [6.07, 6.45) is 2.10. The van der Waals surface area contributed by atoms with Crippen LogP contribution < -0.4 is 17.0 Å². The Hall–Kier alpha value is -1.06. The lowest BCUT2D eigenvalue weighted by molar-refractivity contribution is 0.334. The third-order valence-corrected chi connectivity index (χ3v) is 2.76. The van der Waals surface area contributed by atoms with E-state index in [1.54, 1.807) is 0 Å². The fraction of sp³-hybridized carbons (Fsp3) is 0.538. The standard InChI is InChI=1S/C13H23N3/c1-13(2,3)9-8-12(16-15)10-6-4-5-7-11(10)14/h4-7,12,16H,8-9,14-15H2,1-3H3. The van der Waals surface area contributed by atoms with Gasteiger partial charge in [-0.05, 0) is 29.9 Å². The second kappa shape index (κ2) is 5.32. The topological polar surface area (TPSA) is 64.1 Å². The lowest BCUT2D eigenvalue weighted by Crippen LogP contribution is -2.29. The highest BCUT2D eigenvalue weighted by Crippen LogP contribution is 2.29. The van der Waals surface area contributed by atoms with Crippen LogP contribution in [0.5, 0.6) is 0 Å². The number of para-hydroxylation sites is 1. The smallest absolute Gasteiger partial charge is 0.0480 e. The Bertz CT molecular complexity index is 328. The van der Waals surface area contributed by atoms with Crippen LogP contribution in [0.15, 0.2) is 24.3 Å². The zero-order chi connectivity index (χ0) is 12.2. The van der Waals surface area contributed by atoms with Gasteiger partial charge in [0.15, 0.2) is 0 Å². The largest absolute Gasteiger partial charge is 0.398 e. The highest BCUT2D eigenvalue weighted by atomic mass is 15.2. The van der Waals surface area contributed by atoms with E-state index in [1.807, 2.05) is 24.3 Å². The fourth-order valence-electron chi connectivity index (χ4n) is 1.73. The van der Waals surface area contributed by atoms with E-state index >= 15 is 0 Å². The molecule has 1 aromatic carbocycles. The summed E-state index contributed by atoms with van der Waals surface area (Å²) in [4.78, 5) is 0. The molecule has 0 aromatic heterocycles. The second-order valence-corrected chi connectivity index (χ2v) is 5.45. The molecular weight excluding hydrogens is 198 g/mol. The Kier molecular flexibility index (Phi) is 4.33. The number of nitrogens with one attached hydrogen (secondary N) is 1. The molecule has 0 radical (unpaired) electrons. The first-order valence-corrected chi connectivity index (χ1v) is 5.74. The van der Waals surface area contributed by atoms with Gasteiger partial charge in [-0.25, -0.2) is 0 Å². The van der Waals surface area contributed by atoms with Gasteiger partial charge < -0.3 is 5.73 Å². The van der Waals surface area contributed by atoms with Gasteiger partial charge in [0.2, 0.25) is 0 Å². The minimum atomic E-state index is 0.139. The van der Waals surface area contributed by atoms with Crippen molar-refractivity contribution in [1.82, 2.24) is 5.43 Å². The lowest BCUT2D eigenvalue weighted by atomic mass is 9.87. The van der Waals surface area contributed by atoms with Crippen molar-refractivity contribution >= 4 is 5.69 Å². The van der Waals surface area contributed by atoms with E-state index in [0.29, 0.717) is 5.41 Å². The summed E-state index contributed by atoms with van der Waals surface area (Å²) in [5.41, 5.74) is 11.0. The van der Waals surface area contributed by atoms with Crippen molar-refractivity contribution in [2.24, 2.45) is 11.3 Å². The molecular formula is C13H23N3. The number of hydrogen-bond donors (Lipinski definition) is 3. The van der Waals surface area contributed by atoms with E-state index in [9.17, 15) is 0 Å². The average Bonchev–Trinajstić information content (AvgIpc) is 2.20.